The largest absolute Gasteiger partial charge is 0.477 e. The Balaban J connectivity index is 1.79. The van der Waals surface area contributed by atoms with Crippen molar-refractivity contribution in [3.05, 3.63) is 64.0 Å². The van der Waals surface area contributed by atoms with E-state index in [0.29, 0.717) is 11.5 Å². The van der Waals surface area contributed by atoms with Crippen molar-refractivity contribution in [2.45, 2.75) is 12.8 Å². The quantitative estimate of drug-likeness (QED) is 0.916. The summed E-state index contributed by atoms with van der Waals surface area (Å²) in [4.78, 5) is 11.9. The number of hydrogen-bond acceptors (Lipinski definition) is 4. The molecule has 0 fully saturated rings. The molecule has 0 saturated heterocycles. The molecule has 1 aliphatic heterocycles. The molecule has 0 bridgehead atoms. The topological polar surface area (TPSA) is 55.8 Å². The highest BCUT2D eigenvalue weighted by Crippen LogP contribution is 2.33. The Morgan fingerprint density at radius 1 is 1.25 bits per heavy atom. The van der Waals surface area contributed by atoms with E-state index in [1.165, 1.54) is 6.26 Å². The van der Waals surface area contributed by atoms with Gasteiger partial charge >= 0.3 is 5.97 Å². The molecule has 5 heteroatoms. The van der Waals surface area contributed by atoms with Gasteiger partial charge in [-0.15, -0.1) is 11.3 Å². The maximum Gasteiger partial charge on any atom is 0.345 e. The van der Waals surface area contributed by atoms with Crippen molar-refractivity contribution in [3.63, 3.8) is 0 Å². The Bertz CT molecular complexity index is 661. The van der Waals surface area contributed by atoms with E-state index < -0.39 is 5.97 Å². The molecule has 0 saturated carbocycles. The molecule has 1 aliphatic carbocycles. The average Bonchev–Trinajstić information content (AvgIpc) is 2.98. The van der Waals surface area contributed by atoms with Crippen molar-refractivity contribution in [1.82, 2.24) is 0 Å². The second kappa shape index (κ2) is 5.38. The highest BCUT2D eigenvalue weighted by molar-refractivity contribution is 7.14. The molecule has 102 valence electrons. The zero-order chi connectivity index (χ0) is 13.9. The summed E-state index contributed by atoms with van der Waals surface area (Å²) in [6.07, 6.45) is 11.0. The molecule has 1 aromatic rings. The standard InChI is InChI=1S/C15H12O4S/c16-15(17)14-7-6-13(20-14)12-9-18-8-11(19-12)10-4-2-1-3-5-10/h1-2,4,6-9H,3,5H2,(H,16,17). The number of hydrogen-bond donors (Lipinski definition) is 1. The fraction of sp³-hybridized carbons (Fsp3) is 0.133. The van der Waals surface area contributed by atoms with Crippen molar-refractivity contribution in [2.75, 3.05) is 0 Å². The Hall–Kier alpha value is -2.27. The first-order chi connectivity index (χ1) is 9.74. The second-order valence-corrected chi connectivity index (χ2v) is 5.41. The van der Waals surface area contributed by atoms with Crippen LogP contribution in [0.1, 0.15) is 27.4 Å². The molecule has 3 rings (SSSR count). The lowest BCUT2D eigenvalue weighted by Gasteiger charge is -2.18. The molecule has 0 spiro atoms. The number of ether oxygens (including phenoxy) is 2. The molecule has 0 unspecified atom stereocenters. The van der Waals surface area contributed by atoms with Crippen LogP contribution in [0.2, 0.25) is 0 Å². The minimum absolute atomic E-state index is 0.278. The van der Waals surface area contributed by atoms with Crippen molar-refractivity contribution in [3.8, 4) is 0 Å². The average molecular weight is 288 g/mol. The lowest BCUT2D eigenvalue weighted by Crippen LogP contribution is -2.02. The third-order valence-electron chi connectivity index (χ3n) is 2.96. The highest BCUT2D eigenvalue weighted by atomic mass is 32.1. The van der Waals surface area contributed by atoms with Gasteiger partial charge in [0.05, 0.1) is 4.88 Å². The predicted octanol–water partition coefficient (Wildman–Crippen LogP) is 3.91. The number of carbonyl (C=O) groups is 1. The lowest BCUT2D eigenvalue weighted by atomic mass is 10.0. The van der Waals surface area contributed by atoms with Crippen LogP contribution < -0.4 is 0 Å². The van der Waals surface area contributed by atoms with Gasteiger partial charge in [0.1, 0.15) is 17.4 Å². The molecule has 20 heavy (non-hydrogen) atoms. The summed E-state index contributed by atoms with van der Waals surface area (Å²) in [5.41, 5.74) is 1.08. The first-order valence-corrected chi connectivity index (χ1v) is 6.99. The Labute approximate surface area is 119 Å². The summed E-state index contributed by atoms with van der Waals surface area (Å²) in [7, 11) is 0. The predicted molar refractivity (Wildman–Crippen MR) is 76.0 cm³/mol. The number of carboxylic acid groups (broad SMARTS) is 1. The Morgan fingerprint density at radius 2 is 2.10 bits per heavy atom. The normalized spacial score (nSPS) is 17.5. The maximum absolute atomic E-state index is 10.9. The van der Waals surface area contributed by atoms with E-state index in [-0.39, 0.29) is 4.88 Å². The molecule has 4 nitrogen and oxygen atoms in total. The minimum atomic E-state index is -0.936. The van der Waals surface area contributed by atoms with Gasteiger partial charge in [-0.05, 0) is 30.5 Å². The van der Waals surface area contributed by atoms with Gasteiger partial charge in [0.2, 0.25) is 0 Å². The third kappa shape index (κ3) is 2.53. The van der Waals surface area contributed by atoms with Gasteiger partial charge in [-0.1, -0.05) is 18.2 Å². The molecule has 0 amide bonds. The third-order valence-corrected chi connectivity index (χ3v) is 4.05. The Kier molecular flexibility index (Phi) is 3.43. The van der Waals surface area contributed by atoms with Gasteiger partial charge in [0.15, 0.2) is 11.5 Å². The van der Waals surface area contributed by atoms with Crippen molar-refractivity contribution in [2.24, 2.45) is 0 Å². The van der Waals surface area contributed by atoms with E-state index in [9.17, 15) is 4.79 Å². The molecule has 1 aromatic heterocycles. The lowest BCUT2D eigenvalue weighted by molar-refractivity contribution is 0.0702. The zero-order valence-corrected chi connectivity index (χ0v) is 11.4. The van der Waals surface area contributed by atoms with Crippen molar-refractivity contribution in [1.29, 1.82) is 0 Å². The number of allylic oxidation sites excluding steroid dienone is 4. The fourth-order valence-electron chi connectivity index (χ4n) is 1.97. The first kappa shape index (κ1) is 12.7. The maximum atomic E-state index is 10.9. The molecule has 0 aromatic carbocycles. The molecule has 0 radical (unpaired) electrons. The van der Waals surface area contributed by atoms with Crippen LogP contribution in [-0.2, 0) is 9.47 Å². The van der Waals surface area contributed by atoms with Crippen LogP contribution in [-0.4, -0.2) is 11.1 Å². The monoisotopic (exact) mass is 288 g/mol. The summed E-state index contributed by atoms with van der Waals surface area (Å²) in [6, 6.07) is 3.29. The van der Waals surface area contributed by atoms with Crippen LogP contribution in [0.25, 0.3) is 5.76 Å². The summed E-state index contributed by atoms with van der Waals surface area (Å²) in [5.74, 6) is 0.280. The van der Waals surface area contributed by atoms with Gasteiger partial charge in [-0.3, -0.25) is 0 Å². The van der Waals surface area contributed by atoms with Gasteiger partial charge < -0.3 is 14.6 Å². The van der Waals surface area contributed by atoms with Gasteiger partial charge in [0.25, 0.3) is 0 Å². The molecule has 0 atom stereocenters. The smallest absolute Gasteiger partial charge is 0.345 e. The van der Waals surface area contributed by atoms with Crippen LogP contribution in [0, 0.1) is 0 Å². The van der Waals surface area contributed by atoms with Gasteiger partial charge in [-0.2, -0.15) is 0 Å². The molecular weight excluding hydrogens is 276 g/mol. The first-order valence-electron chi connectivity index (χ1n) is 6.17. The van der Waals surface area contributed by atoms with Crippen LogP contribution in [0.4, 0.5) is 0 Å². The van der Waals surface area contributed by atoms with Crippen LogP contribution in [0.3, 0.4) is 0 Å². The van der Waals surface area contributed by atoms with Crippen molar-refractivity contribution < 1.29 is 19.4 Å². The fourth-order valence-corrected chi connectivity index (χ4v) is 2.75. The van der Waals surface area contributed by atoms with Crippen LogP contribution >= 0.6 is 11.3 Å². The Morgan fingerprint density at radius 3 is 2.80 bits per heavy atom. The molecule has 1 N–H and O–H groups in total. The van der Waals surface area contributed by atoms with E-state index in [1.54, 1.807) is 18.4 Å². The number of thiophene rings is 1. The highest BCUT2D eigenvalue weighted by Gasteiger charge is 2.18. The van der Waals surface area contributed by atoms with E-state index >= 15 is 0 Å². The number of aromatic carboxylic acids is 1. The summed E-state index contributed by atoms with van der Waals surface area (Å²) < 4.78 is 11.1. The minimum Gasteiger partial charge on any atom is -0.477 e. The van der Waals surface area contributed by atoms with Crippen LogP contribution in [0.15, 0.2) is 54.2 Å². The van der Waals surface area contributed by atoms with E-state index in [2.05, 4.69) is 6.08 Å². The molecule has 2 heterocycles. The summed E-state index contributed by atoms with van der Waals surface area (Å²) in [5, 5.41) is 8.94. The molecular formula is C15H12O4S. The zero-order valence-electron chi connectivity index (χ0n) is 10.5. The van der Waals surface area contributed by atoms with Gasteiger partial charge in [0, 0.05) is 0 Å². The van der Waals surface area contributed by atoms with Crippen LogP contribution in [0.5, 0.6) is 0 Å². The van der Waals surface area contributed by atoms with E-state index in [4.69, 9.17) is 14.6 Å². The summed E-state index contributed by atoms with van der Waals surface area (Å²) in [6.45, 7) is 0. The number of rotatable bonds is 3. The molecule has 2 aliphatic rings. The summed E-state index contributed by atoms with van der Waals surface area (Å²) >= 11 is 1.16. The van der Waals surface area contributed by atoms with E-state index in [1.807, 2.05) is 12.2 Å². The van der Waals surface area contributed by atoms with Gasteiger partial charge in [-0.25, -0.2) is 4.79 Å². The number of carboxylic acids is 1. The second-order valence-electron chi connectivity index (χ2n) is 4.33. The SMILES string of the molecule is O=C(O)c1ccc(C2=COC=C(C3=CC=CCC3)O2)s1. The van der Waals surface area contributed by atoms with E-state index in [0.717, 1.165) is 34.6 Å². The van der Waals surface area contributed by atoms with Crippen molar-refractivity contribution >= 4 is 23.1 Å².